The number of hydrogen-bond donors (Lipinski definition) is 1. The fourth-order valence-electron chi connectivity index (χ4n) is 2.73. The third kappa shape index (κ3) is 3.06. The lowest BCUT2D eigenvalue weighted by Gasteiger charge is -2.43. The zero-order valence-corrected chi connectivity index (χ0v) is 13.8. The van der Waals surface area contributed by atoms with E-state index in [4.69, 9.17) is 0 Å². The molecule has 0 saturated carbocycles. The fraction of sp³-hybridized carbons (Fsp3) is 0.368. The summed E-state index contributed by atoms with van der Waals surface area (Å²) in [5, 5.41) is 11.2. The Bertz CT molecular complexity index is 746. The smallest absolute Gasteiger partial charge is 0.331 e. The molecule has 120 valence electrons. The molecule has 0 fully saturated rings. The van der Waals surface area contributed by atoms with Crippen molar-refractivity contribution in [2.45, 2.75) is 32.8 Å². The Morgan fingerprint density at radius 2 is 2.00 bits per heavy atom. The van der Waals surface area contributed by atoms with Crippen LogP contribution in [-0.2, 0) is 15.1 Å². The monoisotopic (exact) mass is 312 g/mol. The lowest BCUT2D eigenvalue weighted by molar-refractivity contribution is -0.134. The first-order valence-electron chi connectivity index (χ1n) is 7.36. The van der Waals surface area contributed by atoms with Crippen LogP contribution < -0.4 is 0 Å². The molecule has 0 amide bonds. The van der Waals surface area contributed by atoms with Gasteiger partial charge in [0.15, 0.2) is 11.4 Å². The molecule has 2 rings (SSSR count). The molecule has 0 aromatic heterocycles. The summed E-state index contributed by atoms with van der Waals surface area (Å²) < 4.78 is 4.56. The lowest BCUT2D eigenvalue weighted by Crippen LogP contribution is -2.46. The van der Waals surface area contributed by atoms with E-state index in [1.165, 1.54) is 13.2 Å². The van der Waals surface area contributed by atoms with Gasteiger partial charge in [-0.3, -0.25) is 4.79 Å². The molecule has 1 aromatic rings. The first kappa shape index (κ1) is 17.0. The van der Waals surface area contributed by atoms with Gasteiger partial charge in [-0.1, -0.05) is 50.0 Å². The van der Waals surface area contributed by atoms with Crippen LogP contribution in [0.2, 0.25) is 0 Å². The Hall–Kier alpha value is -2.38. The van der Waals surface area contributed by atoms with Gasteiger partial charge in [0.1, 0.15) is 0 Å². The van der Waals surface area contributed by atoms with Crippen molar-refractivity contribution >= 4 is 11.8 Å². The molecule has 1 atom stereocenters. The number of fused-ring (bicyclic) bond motifs is 1. The maximum Gasteiger partial charge on any atom is 0.331 e. The second kappa shape index (κ2) is 6.02. The van der Waals surface area contributed by atoms with Gasteiger partial charge in [-0.2, -0.15) is 0 Å². The van der Waals surface area contributed by atoms with E-state index >= 15 is 0 Å². The first-order valence-corrected chi connectivity index (χ1v) is 7.36. The number of ketones is 1. The molecular weight excluding hydrogens is 292 g/mol. The topological polar surface area (TPSA) is 63.6 Å². The quantitative estimate of drug-likeness (QED) is 0.492. The number of aliphatic hydroxyl groups is 1. The van der Waals surface area contributed by atoms with Crippen LogP contribution in [0.4, 0.5) is 0 Å². The van der Waals surface area contributed by atoms with Crippen LogP contribution in [0.3, 0.4) is 0 Å². The number of carbonyl (C=O) groups excluding carboxylic acids is 2. The Balaban J connectivity index is 2.55. The molecule has 1 aromatic carbocycles. The summed E-state index contributed by atoms with van der Waals surface area (Å²) in [6, 6.07) is 6.97. The molecule has 4 heteroatoms. The highest BCUT2D eigenvalue weighted by molar-refractivity contribution is 6.00. The van der Waals surface area contributed by atoms with Crippen LogP contribution >= 0.6 is 0 Å². The molecule has 0 spiro atoms. The molecule has 1 aliphatic carbocycles. The molecule has 1 N–H and O–H groups in total. The number of allylic oxidation sites excluding steroid dienone is 1. The Morgan fingerprint density at radius 3 is 2.65 bits per heavy atom. The predicted octanol–water partition coefficient (Wildman–Crippen LogP) is 2.61. The van der Waals surface area contributed by atoms with E-state index in [-0.39, 0.29) is 12.2 Å². The normalized spacial score (nSPS) is 22.7. The number of hydrogen-bond acceptors (Lipinski definition) is 4. The molecule has 1 aliphatic rings. The van der Waals surface area contributed by atoms with Crippen LogP contribution in [0.15, 0.2) is 35.9 Å². The average molecular weight is 312 g/mol. The third-order valence-corrected chi connectivity index (χ3v) is 4.18. The Morgan fingerprint density at radius 1 is 1.35 bits per heavy atom. The molecule has 0 heterocycles. The zero-order valence-electron chi connectivity index (χ0n) is 13.8. The van der Waals surface area contributed by atoms with Crippen molar-refractivity contribution in [2.24, 2.45) is 5.41 Å². The van der Waals surface area contributed by atoms with Gasteiger partial charge in [0.05, 0.1) is 7.11 Å². The first-order chi connectivity index (χ1) is 10.7. The maximum absolute atomic E-state index is 12.3. The van der Waals surface area contributed by atoms with Gasteiger partial charge >= 0.3 is 5.97 Å². The van der Waals surface area contributed by atoms with Crippen molar-refractivity contribution in [1.29, 1.82) is 0 Å². The third-order valence-electron chi connectivity index (χ3n) is 4.18. The molecule has 23 heavy (non-hydrogen) atoms. The standard InChI is InChI=1S/C19H20O4/c1-13(11-17(21)23-4)9-10-19(22)15-8-6-5-7-14(15)16(20)12-18(19,2)3/h5-8,11,22H,12H2,1-4H3. The van der Waals surface area contributed by atoms with E-state index in [9.17, 15) is 14.7 Å². The summed E-state index contributed by atoms with van der Waals surface area (Å²) in [6.07, 6.45) is 1.47. The highest BCUT2D eigenvalue weighted by Gasteiger charge is 2.50. The number of esters is 1. The number of rotatable bonds is 1. The van der Waals surface area contributed by atoms with Crippen molar-refractivity contribution in [3.8, 4) is 11.8 Å². The zero-order chi connectivity index (χ0) is 17.3. The molecule has 0 saturated heterocycles. The van der Waals surface area contributed by atoms with Gasteiger partial charge in [-0.05, 0) is 6.92 Å². The minimum absolute atomic E-state index is 0.00102. The number of methoxy groups -OCH3 is 1. The average Bonchev–Trinajstić information content (AvgIpc) is 2.50. The van der Waals surface area contributed by atoms with E-state index in [0.29, 0.717) is 16.7 Å². The van der Waals surface area contributed by atoms with Crippen molar-refractivity contribution in [3.63, 3.8) is 0 Å². The van der Waals surface area contributed by atoms with Gasteiger partial charge in [0.25, 0.3) is 0 Å². The second-order valence-electron chi connectivity index (χ2n) is 6.34. The van der Waals surface area contributed by atoms with E-state index in [0.717, 1.165) is 0 Å². The van der Waals surface area contributed by atoms with E-state index in [2.05, 4.69) is 16.6 Å². The lowest BCUT2D eigenvalue weighted by atomic mass is 9.62. The highest BCUT2D eigenvalue weighted by Crippen LogP contribution is 2.47. The maximum atomic E-state index is 12.3. The summed E-state index contributed by atoms with van der Waals surface area (Å²) in [5.41, 5.74) is -0.715. The number of ether oxygens (including phenoxy) is 1. The summed E-state index contributed by atoms with van der Waals surface area (Å²) in [5.74, 6) is 5.19. The number of carbonyl (C=O) groups is 2. The Kier molecular flexibility index (Phi) is 4.44. The molecule has 0 bridgehead atoms. The summed E-state index contributed by atoms with van der Waals surface area (Å²) in [6.45, 7) is 5.30. The molecule has 0 radical (unpaired) electrons. The minimum atomic E-state index is -1.47. The van der Waals surface area contributed by atoms with Crippen molar-refractivity contribution in [3.05, 3.63) is 47.0 Å². The molecule has 1 unspecified atom stereocenters. The van der Waals surface area contributed by atoms with Gasteiger partial charge in [0.2, 0.25) is 0 Å². The van der Waals surface area contributed by atoms with Crippen LogP contribution in [0.5, 0.6) is 0 Å². The van der Waals surface area contributed by atoms with E-state index in [1.807, 2.05) is 13.8 Å². The van der Waals surface area contributed by atoms with Gasteiger partial charge in [-0.15, -0.1) is 0 Å². The number of Topliss-reactive ketones (excluding diaryl/α,β-unsaturated/α-hetero) is 1. The largest absolute Gasteiger partial charge is 0.466 e. The highest BCUT2D eigenvalue weighted by atomic mass is 16.5. The SMILES string of the molecule is COC(=O)C=C(C)C#CC1(O)c2ccccc2C(=O)CC1(C)C. The van der Waals surface area contributed by atoms with Crippen LogP contribution in [0, 0.1) is 17.3 Å². The number of benzene rings is 1. The summed E-state index contributed by atoms with van der Waals surface area (Å²) >= 11 is 0. The second-order valence-corrected chi connectivity index (χ2v) is 6.34. The van der Waals surface area contributed by atoms with Gasteiger partial charge < -0.3 is 9.84 Å². The predicted molar refractivity (Wildman–Crippen MR) is 86.6 cm³/mol. The Labute approximate surface area is 136 Å². The van der Waals surface area contributed by atoms with Crippen molar-refractivity contribution < 1.29 is 19.4 Å². The molecular formula is C19H20O4. The van der Waals surface area contributed by atoms with Crippen LogP contribution in [0.1, 0.15) is 43.1 Å². The van der Waals surface area contributed by atoms with Crippen LogP contribution in [-0.4, -0.2) is 24.0 Å². The minimum Gasteiger partial charge on any atom is -0.466 e. The summed E-state index contributed by atoms with van der Waals surface area (Å²) in [4.78, 5) is 23.5. The summed E-state index contributed by atoms with van der Waals surface area (Å²) in [7, 11) is 1.29. The van der Waals surface area contributed by atoms with Crippen molar-refractivity contribution in [1.82, 2.24) is 0 Å². The molecule has 0 aliphatic heterocycles. The molecule has 4 nitrogen and oxygen atoms in total. The van der Waals surface area contributed by atoms with E-state index in [1.54, 1.807) is 31.2 Å². The van der Waals surface area contributed by atoms with Gasteiger partial charge in [0, 0.05) is 34.6 Å². The van der Waals surface area contributed by atoms with Crippen LogP contribution in [0.25, 0.3) is 0 Å². The van der Waals surface area contributed by atoms with Gasteiger partial charge in [-0.25, -0.2) is 4.79 Å². The van der Waals surface area contributed by atoms with Crippen molar-refractivity contribution in [2.75, 3.05) is 7.11 Å². The van der Waals surface area contributed by atoms with E-state index < -0.39 is 17.0 Å². The fourth-order valence-corrected chi connectivity index (χ4v) is 2.73.